The van der Waals surface area contributed by atoms with E-state index < -0.39 is 5.25 Å². The SMILES string of the molecule is O=C([C@H](Sc1nc2ccccc2c(=O)n1Cc1ccccc1)c1ccccc1)N1CCOCC1. The van der Waals surface area contributed by atoms with Crippen LogP contribution in [0.3, 0.4) is 0 Å². The van der Waals surface area contributed by atoms with Crippen molar-refractivity contribution in [2.45, 2.75) is 17.0 Å². The van der Waals surface area contributed by atoms with Crippen molar-refractivity contribution in [3.05, 3.63) is 106 Å². The first-order valence-electron chi connectivity index (χ1n) is 11.3. The molecule has 6 nitrogen and oxygen atoms in total. The maximum atomic E-state index is 13.7. The lowest BCUT2D eigenvalue weighted by Crippen LogP contribution is -2.42. The summed E-state index contributed by atoms with van der Waals surface area (Å²) in [6, 6.07) is 26.9. The number of thioether (sulfide) groups is 1. The third kappa shape index (κ3) is 4.76. The minimum Gasteiger partial charge on any atom is -0.378 e. The maximum Gasteiger partial charge on any atom is 0.262 e. The van der Waals surface area contributed by atoms with Crippen LogP contribution in [0, 0.1) is 0 Å². The lowest BCUT2D eigenvalue weighted by atomic mass is 10.1. The molecule has 2 heterocycles. The van der Waals surface area contributed by atoms with Crippen LogP contribution >= 0.6 is 11.8 Å². The first-order valence-corrected chi connectivity index (χ1v) is 12.2. The highest BCUT2D eigenvalue weighted by Crippen LogP contribution is 2.36. The molecular formula is C27H25N3O3S. The Kier molecular flexibility index (Phi) is 6.74. The number of aromatic nitrogens is 2. The summed E-state index contributed by atoms with van der Waals surface area (Å²) in [6.07, 6.45) is 0. The van der Waals surface area contributed by atoms with E-state index >= 15 is 0 Å². The maximum absolute atomic E-state index is 13.7. The van der Waals surface area contributed by atoms with Crippen molar-refractivity contribution in [2.75, 3.05) is 26.3 Å². The van der Waals surface area contributed by atoms with E-state index in [0.29, 0.717) is 48.9 Å². The molecule has 0 unspecified atom stereocenters. The van der Waals surface area contributed by atoms with Gasteiger partial charge in [-0.25, -0.2) is 4.98 Å². The molecule has 1 aliphatic heterocycles. The van der Waals surface area contributed by atoms with E-state index in [1.54, 1.807) is 10.6 Å². The smallest absolute Gasteiger partial charge is 0.262 e. The van der Waals surface area contributed by atoms with E-state index in [9.17, 15) is 9.59 Å². The number of ether oxygens (including phenoxy) is 1. The topological polar surface area (TPSA) is 64.4 Å². The molecular weight excluding hydrogens is 446 g/mol. The summed E-state index contributed by atoms with van der Waals surface area (Å²) in [5.41, 5.74) is 2.41. The van der Waals surface area contributed by atoms with Gasteiger partial charge in [0.1, 0.15) is 5.25 Å². The van der Waals surface area contributed by atoms with E-state index in [-0.39, 0.29) is 11.5 Å². The number of rotatable bonds is 6. The summed E-state index contributed by atoms with van der Waals surface area (Å²) in [6.45, 7) is 2.57. The number of fused-ring (bicyclic) bond motifs is 1. The van der Waals surface area contributed by atoms with Crippen LogP contribution in [0.5, 0.6) is 0 Å². The van der Waals surface area contributed by atoms with E-state index in [1.807, 2.05) is 83.8 Å². The van der Waals surface area contributed by atoms with Gasteiger partial charge in [0.2, 0.25) is 5.91 Å². The predicted molar refractivity (Wildman–Crippen MR) is 134 cm³/mol. The zero-order valence-corrected chi connectivity index (χ0v) is 19.5. The van der Waals surface area contributed by atoms with Gasteiger partial charge in [0, 0.05) is 13.1 Å². The van der Waals surface area contributed by atoms with Crippen molar-refractivity contribution in [3.63, 3.8) is 0 Å². The highest BCUT2D eigenvalue weighted by molar-refractivity contribution is 8.00. The molecule has 1 fully saturated rings. The van der Waals surface area contributed by atoms with E-state index in [0.717, 1.165) is 11.1 Å². The third-order valence-corrected chi connectivity index (χ3v) is 7.11. The van der Waals surface area contributed by atoms with E-state index in [2.05, 4.69) is 0 Å². The number of benzene rings is 3. The molecule has 7 heteroatoms. The Hall–Kier alpha value is -3.42. The molecule has 0 spiro atoms. The number of para-hydroxylation sites is 1. The van der Waals surface area contributed by atoms with E-state index in [1.165, 1.54) is 11.8 Å². The fraction of sp³-hybridized carbons (Fsp3) is 0.222. The Morgan fingerprint density at radius 1 is 0.912 bits per heavy atom. The van der Waals surface area contributed by atoms with E-state index in [4.69, 9.17) is 9.72 Å². The molecule has 1 aromatic heterocycles. The van der Waals surface area contributed by atoms with Crippen molar-refractivity contribution >= 4 is 28.6 Å². The Balaban J connectivity index is 1.59. The van der Waals surface area contributed by atoms with Gasteiger partial charge in [0.05, 0.1) is 30.7 Å². The van der Waals surface area contributed by atoms with Gasteiger partial charge >= 0.3 is 0 Å². The summed E-state index contributed by atoms with van der Waals surface area (Å²) in [5.74, 6) is 0.00756. The average molecular weight is 472 g/mol. The third-order valence-electron chi connectivity index (χ3n) is 5.88. The van der Waals surface area contributed by atoms with Crippen molar-refractivity contribution < 1.29 is 9.53 Å². The quantitative estimate of drug-likeness (QED) is 0.312. The molecule has 1 atom stereocenters. The highest BCUT2D eigenvalue weighted by Gasteiger charge is 2.30. The summed E-state index contributed by atoms with van der Waals surface area (Å²) < 4.78 is 7.13. The summed E-state index contributed by atoms with van der Waals surface area (Å²) in [5, 5.41) is 0.580. The molecule has 0 bridgehead atoms. The number of hydrogen-bond donors (Lipinski definition) is 0. The minimum atomic E-state index is -0.519. The van der Waals surface area contributed by atoms with Gasteiger partial charge in [-0.1, -0.05) is 84.6 Å². The number of hydrogen-bond acceptors (Lipinski definition) is 5. The second kappa shape index (κ2) is 10.2. The molecule has 34 heavy (non-hydrogen) atoms. The lowest BCUT2D eigenvalue weighted by molar-refractivity contribution is -0.134. The highest BCUT2D eigenvalue weighted by atomic mass is 32.2. The summed E-state index contributed by atoms with van der Waals surface area (Å²) in [4.78, 5) is 33.9. The Morgan fingerprint density at radius 2 is 1.56 bits per heavy atom. The first kappa shape index (κ1) is 22.4. The average Bonchev–Trinajstić information content (AvgIpc) is 2.90. The summed E-state index contributed by atoms with van der Waals surface area (Å²) >= 11 is 1.34. The van der Waals surface area contributed by atoms with Crippen LogP contribution < -0.4 is 5.56 Å². The Bertz CT molecular complexity index is 1340. The van der Waals surface area contributed by atoms with Crippen molar-refractivity contribution in [1.82, 2.24) is 14.5 Å². The molecule has 3 aromatic carbocycles. The van der Waals surface area contributed by atoms with Crippen molar-refractivity contribution in [2.24, 2.45) is 0 Å². The molecule has 0 saturated carbocycles. The predicted octanol–water partition coefficient (Wildman–Crippen LogP) is 4.14. The molecule has 1 saturated heterocycles. The molecule has 0 N–H and O–H groups in total. The second-order valence-electron chi connectivity index (χ2n) is 8.13. The van der Waals surface area contributed by atoms with Crippen molar-refractivity contribution in [3.8, 4) is 0 Å². The zero-order chi connectivity index (χ0) is 23.3. The van der Waals surface area contributed by atoms with Gasteiger partial charge in [-0.2, -0.15) is 0 Å². The van der Waals surface area contributed by atoms with Crippen LogP contribution in [0.4, 0.5) is 0 Å². The van der Waals surface area contributed by atoms with Gasteiger partial charge in [0.25, 0.3) is 5.56 Å². The number of carbonyl (C=O) groups excluding carboxylic acids is 1. The second-order valence-corrected chi connectivity index (χ2v) is 9.21. The van der Waals surface area contributed by atoms with Gasteiger partial charge in [0.15, 0.2) is 5.16 Å². The van der Waals surface area contributed by atoms with Crippen LogP contribution in [0.15, 0.2) is 94.9 Å². The molecule has 0 radical (unpaired) electrons. The molecule has 1 aliphatic rings. The standard InChI is InChI=1S/C27H25N3O3S/c31-25-22-13-7-8-14-23(22)28-27(30(25)19-20-9-3-1-4-10-20)34-24(21-11-5-2-6-12-21)26(32)29-15-17-33-18-16-29/h1-14,24H,15-19H2/t24-/m1/s1. The van der Waals surface area contributed by atoms with Crippen LogP contribution in [-0.2, 0) is 16.1 Å². The molecule has 0 aliphatic carbocycles. The zero-order valence-electron chi connectivity index (χ0n) is 18.7. The summed E-state index contributed by atoms with van der Waals surface area (Å²) in [7, 11) is 0. The van der Waals surface area contributed by atoms with Gasteiger partial charge < -0.3 is 9.64 Å². The number of carbonyl (C=O) groups is 1. The molecule has 172 valence electrons. The van der Waals surface area contributed by atoms with Gasteiger partial charge in [-0.05, 0) is 23.3 Å². The normalized spacial score (nSPS) is 14.8. The Labute approximate surface area is 202 Å². The van der Waals surface area contributed by atoms with Crippen LogP contribution in [0.2, 0.25) is 0 Å². The monoisotopic (exact) mass is 471 g/mol. The fourth-order valence-electron chi connectivity index (χ4n) is 4.09. The van der Waals surface area contributed by atoms with Crippen LogP contribution in [0.25, 0.3) is 10.9 Å². The van der Waals surface area contributed by atoms with Crippen molar-refractivity contribution in [1.29, 1.82) is 0 Å². The first-order chi connectivity index (χ1) is 16.7. The fourth-order valence-corrected chi connectivity index (χ4v) is 5.27. The van der Waals surface area contributed by atoms with Gasteiger partial charge in [-0.3, -0.25) is 14.2 Å². The van der Waals surface area contributed by atoms with Crippen LogP contribution in [-0.4, -0.2) is 46.7 Å². The van der Waals surface area contributed by atoms with Crippen LogP contribution in [0.1, 0.15) is 16.4 Å². The largest absolute Gasteiger partial charge is 0.378 e. The van der Waals surface area contributed by atoms with Gasteiger partial charge in [-0.15, -0.1) is 0 Å². The lowest BCUT2D eigenvalue weighted by Gasteiger charge is -2.30. The number of nitrogens with zero attached hydrogens (tertiary/aromatic N) is 3. The number of morpholine rings is 1. The Morgan fingerprint density at radius 3 is 2.29 bits per heavy atom. The molecule has 4 aromatic rings. The molecule has 5 rings (SSSR count). The minimum absolute atomic E-state index is 0.00756. The molecule has 1 amide bonds. The number of amides is 1.